The maximum Gasteiger partial charge on any atom is 0.407 e. The average molecular weight is 241 g/mol. The second-order valence-corrected chi connectivity index (χ2v) is 4.78. The number of hydrogen-bond donors (Lipinski definition) is 1. The van der Waals surface area contributed by atoms with Gasteiger partial charge in [-0.1, -0.05) is 0 Å². The minimum atomic E-state index is -0.882. The van der Waals surface area contributed by atoms with Crippen molar-refractivity contribution in [3.05, 3.63) is 0 Å². The first-order valence-electron chi connectivity index (χ1n) is 6.09. The highest BCUT2D eigenvalue weighted by molar-refractivity contribution is 5.75. The molecule has 2 heterocycles. The molecule has 1 N–H and O–H groups in total. The number of piperidine rings is 1. The first kappa shape index (κ1) is 12.0. The molecular weight excluding hydrogens is 222 g/mol. The lowest BCUT2D eigenvalue weighted by Crippen LogP contribution is -2.57. The number of likely N-dealkylation sites (tertiary alicyclic amines) is 1. The second kappa shape index (κ2) is 4.81. The van der Waals surface area contributed by atoms with Crippen LogP contribution in [0.2, 0.25) is 0 Å². The summed E-state index contributed by atoms with van der Waals surface area (Å²) in [6.45, 7) is 2.59. The number of urea groups is 1. The van der Waals surface area contributed by atoms with Crippen LogP contribution in [0.25, 0.3) is 0 Å². The molecule has 3 amide bonds. The second-order valence-electron chi connectivity index (χ2n) is 4.78. The Morgan fingerprint density at radius 2 is 2.06 bits per heavy atom. The number of amides is 3. The minimum absolute atomic E-state index is 0.0356. The van der Waals surface area contributed by atoms with Gasteiger partial charge in [0, 0.05) is 33.2 Å². The molecule has 0 radical (unpaired) electrons. The molecule has 2 fully saturated rings. The van der Waals surface area contributed by atoms with Crippen molar-refractivity contribution in [1.82, 2.24) is 14.7 Å². The zero-order valence-corrected chi connectivity index (χ0v) is 10.1. The fourth-order valence-electron chi connectivity index (χ4n) is 2.61. The van der Waals surface area contributed by atoms with Crippen LogP contribution >= 0.6 is 0 Å². The van der Waals surface area contributed by atoms with Crippen molar-refractivity contribution in [2.24, 2.45) is 0 Å². The third-order valence-electron chi connectivity index (χ3n) is 3.57. The molecule has 0 bridgehead atoms. The molecule has 2 aliphatic rings. The molecule has 17 heavy (non-hydrogen) atoms. The van der Waals surface area contributed by atoms with Crippen LogP contribution in [0.3, 0.4) is 0 Å². The predicted molar refractivity (Wildman–Crippen MR) is 62.0 cm³/mol. The molecule has 0 aliphatic carbocycles. The van der Waals surface area contributed by atoms with Crippen molar-refractivity contribution in [2.45, 2.75) is 25.3 Å². The van der Waals surface area contributed by atoms with Gasteiger partial charge in [-0.15, -0.1) is 0 Å². The van der Waals surface area contributed by atoms with Crippen molar-refractivity contribution in [1.29, 1.82) is 0 Å². The topological polar surface area (TPSA) is 64.1 Å². The van der Waals surface area contributed by atoms with Gasteiger partial charge in [0.05, 0.1) is 6.04 Å². The Bertz CT molecular complexity index is 321. The maximum absolute atomic E-state index is 12.0. The van der Waals surface area contributed by atoms with E-state index >= 15 is 0 Å². The smallest absolute Gasteiger partial charge is 0.407 e. The number of carbonyl (C=O) groups is 2. The average Bonchev–Trinajstić information content (AvgIpc) is 2.33. The summed E-state index contributed by atoms with van der Waals surface area (Å²) < 4.78 is 0. The quantitative estimate of drug-likeness (QED) is 0.741. The fraction of sp³-hybridized carbons (Fsp3) is 0.818. The molecule has 6 heteroatoms. The summed E-state index contributed by atoms with van der Waals surface area (Å²) in [5, 5.41) is 8.98. The Morgan fingerprint density at radius 1 is 1.29 bits per heavy atom. The summed E-state index contributed by atoms with van der Waals surface area (Å²) >= 11 is 0. The molecule has 0 aromatic carbocycles. The monoisotopic (exact) mass is 241 g/mol. The summed E-state index contributed by atoms with van der Waals surface area (Å²) in [7, 11) is 1.80. The highest BCUT2D eigenvalue weighted by atomic mass is 16.4. The maximum atomic E-state index is 12.0. The lowest BCUT2D eigenvalue weighted by Gasteiger charge is -2.42. The van der Waals surface area contributed by atoms with Crippen LogP contribution in [-0.2, 0) is 0 Å². The zero-order chi connectivity index (χ0) is 12.4. The van der Waals surface area contributed by atoms with E-state index in [0.717, 1.165) is 32.4 Å². The molecule has 0 aromatic heterocycles. The Kier molecular flexibility index (Phi) is 3.40. The van der Waals surface area contributed by atoms with E-state index in [9.17, 15) is 9.59 Å². The number of rotatable bonds is 1. The molecular formula is C11H19N3O3. The van der Waals surface area contributed by atoms with Crippen LogP contribution in [-0.4, -0.2) is 71.2 Å². The Morgan fingerprint density at radius 3 is 2.76 bits per heavy atom. The molecule has 0 aromatic rings. The SMILES string of the molecule is CN1CCCN(C2CCCN(C(=O)O)C2)C1=O. The highest BCUT2D eigenvalue weighted by Crippen LogP contribution is 2.19. The van der Waals surface area contributed by atoms with Crippen LogP contribution in [0.5, 0.6) is 0 Å². The molecule has 2 saturated heterocycles. The summed E-state index contributed by atoms with van der Waals surface area (Å²) in [5.74, 6) is 0. The zero-order valence-electron chi connectivity index (χ0n) is 10.1. The Labute approximate surface area is 101 Å². The molecule has 2 rings (SSSR count). The van der Waals surface area contributed by atoms with Gasteiger partial charge in [-0.3, -0.25) is 0 Å². The first-order valence-corrected chi connectivity index (χ1v) is 6.09. The minimum Gasteiger partial charge on any atom is -0.465 e. The Balaban J connectivity index is 2.01. The van der Waals surface area contributed by atoms with Gasteiger partial charge in [0.25, 0.3) is 0 Å². The standard InChI is InChI=1S/C11H19N3O3/c1-12-5-3-7-14(10(12)15)9-4-2-6-13(8-9)11(16)17/h9H,2-8H2,1H3,(H,16,17). The number of carbonyl (C=O) groups excluding carboxylic acids is 1. The lowest BCUT2D eigenvalue weighted by atomic mass is 10.0. The van der Waals surface area contributed by atoms with Gasteiger partial charge in [-0.25, -0.2) is 9.59 Å². The van der Waals surface area contributed by atoms with Crippen LogP contribution in [0, 0.1) is 0 Å². The summed E-state index contributed by atoms with van der Waals surface area (Å²) in [6.07, 6.45) is 1.83. The molecule has 0 saturated carbocycles. The molecule has 2 aliphatic heterocycles. The highest BCUT2D eigenvalue weighted by Gasteiger charge is 2.33. The molecule has 6 nitrogen and oxygen atoms in total. The van der Waals surface area contributed by atoms with Gasteiger partial charge in [0.15, 0.2) is 0 Å². The van der Waals surface area contributed by atoms with Gasteiger partial charge >= 0.3 is 12.1 Å². The molecule has 96 valence electrons. The van der Waals surface area contributed by atoms with Crippen molar-refractivity contribution >= 4 is 12.1 Å². The van der Waals surface area contributed by atoms with Gasteiger partial charge in [-0.05, 0) is 19.3 Å². The van der Waals surface area contributed by atoms with E-state index in [1.165, 1.54) is 4.90 Å². The normalized spacial score (nSPS) is 26.3. The molecule has 1 unspecified atom stereocenters. The fourth-order valence-corrected chi connectivity index (χ4v) is 2.61. The van der Waals surface area contributed by atoms with E-state index < -0.39 is 6.09 Å². The molecule has 0 spiro atoms. The Hall–Kier alpha value is -1.46. The summed E-state index contributed by atoms with van der Waals surface area (Å²) in [4.78, 5) is 27.9. The van der Waals surface area contributed by atoms with Crippen LogP contribution in [0.15, 0.2) is 0 Å². The summed E-state index contributed by atoms with van der Waals surface area (Å²) in [5.41, 5.74) is 0. The van der Waals surface area contributed by atoms with Crippen LogP contribution in [0.4, 0.5) is 9.59 Å². The van der Waals surface area contributed by atoms with Crippen molar-refractivity contribution in [3.8, 4) is 0 Å². The number of nitrogens with zero attached hydrogens (tertiary/aromatic N) is 3. The lowest BCUT2D eigenvalue weighted by molar-refractivity contribution is 0.0739. The van der Waals surface area contributed by atoms with Crippen molar-refractivity contribution < 1.29 is 14.7 Å². The van der Waals surface area contributed by atoms with Crippen molar-refractivity contribution in [3.63, 3.8) is 0 Å². The molecule has 1 atom stereocenters. The number of carboxylic acid groups (broad SMARTS) is 1. The van der Waals surface area contributed by atoms with Gasteiger partial charge in [0.1, 0.15) is 0 Å². The van der Waals surface area contributed by atoms with E-state index in [-0.39, 0.29) is 12.1 Å². The van der Waals surface area contributed by atoms with Crippen LogP contribution in [0.1, 0.15) is 19.3 Å². The largest absolute Gasteiger partial charge is 0.465 e. The van der Waals surface area contributed by atoms with E-state index in [1.807, 2.05) is 4.90 Å². The van der Waals surface area contributed by atoms with Crippen molar-refractivity contribution in [2.75, 3.05) is 33.2 Å². The summed E-state index contributed by atoms with van der Waals surface area (Å²) in [6, 6.07) is 0.0867. The van der Waals surface area contributed by atoms with Crippen LogP contribution < -0.4 is 0 Å². The van der Waals surface area contributed by atoms with E-state index in [2.05, 4.69) is 0 Å². The van der Waals surface area contributed by atoms with Gasteiger partial charge < -0.3 is 19.8 Å². The van der Waals surface area contributed by atoms with E-state index in [0.29, 0.717) is 13.1 Å². The predicted octanol–water partition coefficient (Wildman–Crippen LogP) is 0.886. The first-order chi connectivity index (χ1) is 8.09. The third kappa shape index (κ3) is 2.45. The van der Waals surface area contributed by atoms with Gasteiger partial charge in [-0.2, -0.15) is 0 Å². The number of hydrogen-bond acceptors (Lipinski definition) is 2. The van der Waals surface area contributed by atoms with E-state index in [4.69, 9.17) is 5.11 Å². The van der Waals surface area contributed by atoms with Gasteiger partial charge in [0.2, 0.25) is 0 Å². The third-order valence-corrected chi connectivity index (χ3v) is 3.57. The van der Waals surface area contributed by atoms with E-state index in [1.54, 1.807) is 11.9 Å².